The van der Waals surface area contributed by atoms with Gasteiger partial charge < -0.3 is 19.0 Å². The minimum absolute atomic E-state index is 1.35. The Kier molecular flexibility index (Phi) is 15.6. The molecule has 0 rings (SSSR count). The molecule has 0 aromatic rings. The second-order valence-electron chi connectivity index (χ2n) is 4.56. The number of unbranched alkanes of at least 4 members (excludes halogenated alkanes) is 3. The van der Waals surface area contributed by atoms with Crippen LogP contribution < -0.4 is 4.90 Å². The molecule has 0 aromatic carbocycles. The monoisotopic (exact) mass is 289 g/mol. The summed E-state index contributed by atoms with van der Waals surface area (Å²) < 4.78 is 39.4. The van der Waals surface area contributed by atoms with Crippen LogP contribution in [0.3, 0.4) is 0 Å². The summed E-state index contributed by atoms with van der Waals surface area (Å²) in [6.45, 7) is 11.1. The third-order valence-electron chi connectivity index (χ3n) is 2.65. The van der Waals surface area contributed by atoms with Crippen molar-refractivity contribution in [2.24, 2.45) is 0 Å². The Balaban J connectivity index is 0. The van der Waals surface area contributed by atoms with Crippen LogP contribution in [0.25, 0.3) is 0 Å². The first-order chi connectivity index (χ1) is 8.35. The molecule has 18 heavy (non-hydrogen) atoms. The van der Waals surface area contributed by atoms with Crippen molar-refractivity contribution in [3.63, 3.8) is 0 Å². The van der Waals surface area contributed by atoms with Gasteiger partial charge >= 0.3 is 14.9 Å². The Morgan fingerprint density at radius 1 is 0.667 bits per heavy atom. The van der Waals surface area contributed by atoms with Crippen molar-refractivity contribution in [1.29, 1.82) is 0 Å². The van der Waals surface area contributed by atoms with Crippen LogP contribution in [0.2, 0.25) is 0 Å². The summed E-state index contributed by atoms with van der Waals surface area (Å²) in [7, 11) is 0. The Labute approximate surface area is 113 Å². The molecule has 0 aliphatic carbocycles. The summed E-state index contributed by atoms with van der Waals surface area (Å²) in [5.41, 5.74) is 0. The molecule has 1 nitrogen and oxygen atoms in total. The molecule has 0 saturated carbocycles. The molecule has 0 unspecified atom stereocenters. The van der Waals surface area contributed by atoms with Crippen molar-refractivity contribution in [2.45, 2.75) is 59.3 Å². The molecule has 0 bridgehead atoms. The molecule has 0 aliphatic rings. The number of hydrogen-bond donors (Lipinski definition) is 1. The van der Waals surface area contributed by atoms with Crippen molar-refractivity contribution in [3.05, 3.63) is 0 Å². The van der Waals surface area contributed by atoms with Crippen molar-refractivity contribution in [3.8, 4) is 0 Å². The van der Waals surface area contributed by atoms with E-state index in [0.29, 0.717) is 0 Å². The van der Waals surface area contributed by atoms with Crippen molar-refractivity contribution < 1.29 is 19.0 Å². The van der Waals surface area contributed by atoms with Gasteiger partial charge in [0.1, 0.15) is 0 Å². The minimum Gasteiger partial charge on any atom is -0.510 e. The van der Waals surface area contributed by atoms with E-state index < -0.39 is 14.9 Å². The molecule has 112 valence electrons. The fourth-order valence-electron chi connectivity index (χ4n) is 1.66. The molecular formula is C12H28AlF4N. The van der Waals surface area contributed by atoms with Crippen LogP contribution in [0, 0.1) is 0 Å². The molecule has 0 heterocycles. The maximum atomic E-state index is 9.85. The lowest BCUT2D eigenvalue weighted by atomic mass is 10.2. The first kappa shape index (κ1) is 20.5. The normalized spacial score (nSPS) is 11.3. The highest BCUT2D eigenvalue weighted by molar-refractivity contribution is 6.50. The molecule has 1 N–H and O–H groups in total. The Hall–Kier alpha value is 0.212. The van der Waals surface area contributed by atoms with Crippen LogP contribution in [0.1, 0.15) is 59.3 Å². The van der Waals surface area contributed by atoms with Crippen LogP contribution in [0.15, 0.2) is 0 Å². The van der Waals surface area contributed by atoms with E-state index in [1.54, 1.807) is 0 Å². The third-order valence-corrected chi connectivity index (χ3v) is 2.65. The Morgan fingerprint density at radius 3 is 1.06 bits per heavy atom. The summed E-state index contributed by atoms with van der Waals surface area (Å²) in [5, 5.41) is 0. The highest BCUT2D eigenvalue weighted by atomic mass is 27.5. The Morgan fingerprint density at radius 2 is 0.889 bits per heavy atom. The van der Waals surface area contributed by atoms with Gasteiger partial charge in [-0.1, -0.05) is 40.0 Å². The molecule has 0 aromatic heterocycles. The fraction of sp³-hybridized carbons (Fsp3) is 1.00. The maximum absolute atomic E-state index is 9.85. The van der Waals surface area contributed by atoms with Crippen LogP contribution in [0.4, 0.5) is 14.1 Å². The molecule has 0 radical (unpaired) electrons. The van der Waals surface area contributed by atoms with E-state index in [1.165, 1.54) is 58.2 Å². The summed E-state index contributed by atoms with van der Waals surface area (Å²) in [6.07, 6.45) is 8.26. The van der Waals surface area contributed by atoms with Crippen LogP contribution >= 0.6 is 0 Å². The van der Waals surface area contributed by atoms with E-state index in [4.69, 9.17) is 0 Å². The second-order valence-corrected chi connectivity index (χ2v) is 5.55. The van der Waals surface area contributed by atoms with E-state index in [2.05, 4.69) is 20.8 Å². The molecule has 0 aliphatic heterocycles. The van der Waals surface area contributed by atoms with Gasteiger partial charge in [0.2, 0.25) is 0 Å². The van der Waals surface area contributed by atoms with Gasteiger partial charge in [-0.05, 0) is 19.3 Å². The minimum atomic E-state index is -6.83. The summed E-state index contributed by atoms with van der Waals surface area (Å²) in [5.74, 6) is 0. The zero-order valence-corrected chi connectivity index (χ0v) is 13.1. The predicted octanol–water partition coefficient (Wildman–Crippen LogP) is 3.57. The average molecular weight is 289 g/mol. The zero-order valence-electron chi connectivity index (χ0n) is 12.0. The van der Waals surface area contributed by atoms with Gasteiger partial charge in [-0.15, -0.1) is 0 Å². The van der Waals surface area contributed by atoms with E-state index in [-0.39, 0.29) is 0 Å². The SMILES string of the molecule is CCCC[NH+](CCCC)CCCC.[F][Al-]([F])([F])[F]. The van der Waals surface area contributed by atoms with E-state index in [0.717, 1.165) is 0 Å². The number of quaternary nitrogens is 1. The molecular weight excluding hydrogens is 261 g/mol. The molecule has 0 fully saturated rings. The summed E-state index contributed by atoms with van der Waals surface area (Å²) in [4.78, 5) is 1.84. The first-order valence-corrected chi connectivity index (χ1v) is 8.80. The summed E-state index contributed by atoms with van der Waals surface area (Å²) >= 11 is -6.83. The molecule has 0 atom stereocenters. The van der Waals surface area contributed by atoms with Gasteiger partial charge in [0.15, 0.2) is 0 Å². The second kappa shape index (κ2) is 13.6. The summed E-state index contributed by atoms with van der Waals surface area (Å²) in [6, 6.07) is 0. The van der Waals surface area contributed by atoms with Crippen molar-refractivity contribution in [2.75, 3.05) is 19.6 Å². The lowest BCUT2D eigenvalue weighted by Gasteiger charge is -2.18. The van der Waals surface area contributed by atoms with E-state index in [9.17, 15) is 14.1 Å². The number of rotatable bonds is 9. The lowest BCUT2D eigenvalue weighted by Crippen LogP contribution is -3.12. The topological polar surface area (TPSA) is 4.44 Å². The van der Waals surface area contributed by atoms with Gasteiger partial charge in [-0.2, -0.15) is 0 Å². The number of nitrogens with one attached hydrogen (secondary N) is 1. The van der Waals surface area contributed by atoms with Crippen LogP contribution in [-0.4, -0.2) is 34.6 Å². The Bertz CT molecular complexity index is 140. The zero-order chi connectivity index (χ0) is 14.4. The smallest absolute Gasteiger partial charge is 0.510 e. The van der Waals surface area contributed by atoms with Gasteiger partial charge in [0.25, 0.3) is 0 Å². The van der Waals surface area contributed by atoms with Crippen molar-refractivity contribution in [1.82, 2.24) is 0 Å². The average Bonchev–Trinajstić information content (AvgIpc) is 2.26. The fourth-order valence-corrected chi connectivity index (χ4v) is 1.66. The van der Waals surface area contributed by atoms with E-state index in [1.807, 2.05) is 4.90 Å². The molecule has 0 spiro atoms. The molecule has 0 amide bonds. The van der Waals surface area contributed by atoms with Crippen molar-refractivity contribution >= 4 is 14.9 Å². The quantitative estimate of drug-likeness (QED) is 0.489. The largest absolute Gasteiger partial charge is 1.04 e. The van der Waals surface area contributed by atoms with Crippen LogP contribution in [-0.2, 0) is 0 Å². The third kappa shape index (κ3) is 25.2. The van der Waals surface area contributed by atoms with Gasteiger partial charge in [0.05, 0.1) is 19.6 Å². The van der Waals surface area contributed by atoms with Crippen LogP contribution in [0.5, 0.6) is 0 Å². The van der Waals surface area contributed by atoms with Gasteiger partial charge in [0, 0.05) is 0 Å². The standard InChI is InChI=1S/C12H27N.Al.4FH/c1-4-7-10-13(11-8-5-2)12-9-6-3;;;;;/h4-12H2,1-3H3;;4*1H/q;+3;;;;/p-3. The molecule has 0 saturated heterocycles. The van der Waals surface area contributed by atoms with Gasteiger partial charge in [-0.3, -0.25) is 0 Å². The predicted molar refractivity (Wildman–Crippen MR) is 70.5 cm³/mol. The highest BCUT2D eigenvalue weighted by Crippen LogP contribution is 2.06. The highest BCUT2D eigenvalue weighted by Gasteiger charge is 2.41. The van der Waals surface area contributed by atoms with E-state index >= 15 is 0 Å². The number of halogens is 4. The first-order valence-electron chi connectivity index (χ1n) is 7.05. The lowest BCUT2D eigenvalue weighted by molar-refractivity contribution is -0.900. The number of hydrogen-bond acceptors (Lipinski definition) is 0. The maximum Gasteiger partial charge on any atom is 1.04 e. The van der Waals surface area contributed by atoms with Gasteiger partial charge in [-0.25, -0.2) is 0 Å². The molecule has 6 heteroatoms.